The van der Waals surface area contributed by atoms with Crippen molar-refractivity contribution < 1.29 is 4.92 Å². The van der Waals surface area contributed by atoms with Crippen LogP contribution < -0.4 is 5.32 Å². The Bertz CT molecular complexity index is 547. The van der Waals surface area contributed by atoms with Gasteiger partial charge in [-0.05, 0) is 12.5 Å². The maximum atomic E-state index is 10.7. The van der Waals surface area contributed by atoms with E-state index in [0.717, 1.165) is 17.9 Å². The Morgan fingerprint density at radius 2 is 2.31 bits per heavy atom. The van der Waals surface area contributed by atoms with Gasteiger partial charge in [0.1, 0.15) is 11.5 Å². The lowest BCUT2D eigenvalue weighted by molar-refractivity contribution is -0.385. The molecule has 6 heteroatoms. The zero-order valence-electron chi connectivity index (χ0n) is 9.10. The minimum atomic E-state index is -0.412. The Morgan fingerprint density at radius 3 is 2.88 bits per heavy atom. The number of pyridine rings is 1. The van der Waals surface area contributed by atoms with Crippen molar-refractivity contribution in [3.63, 3.8) is 0 Å². The quantitative estimate of drug-likeness (QED) is 0.632. The van der Waals surface area contributed by atoms with Crippen molar-refractivity contribution in [3.05, 3.63) is 34.1 Å². The third kappa shape index (κ3) is 1.48. The zero-order valence-corrected chi connectivity index (χ0v) is 9.10. The minimum Gasteiger partial charge on any atom is -0.373 e. The highest BCUT2D eigenvalue weighted by Crippen LogP contribution is 2.21. The molecule has 0 atom stereocenters. The van der Waals surface area contributed by atoms with Gasteiger partial charge in [-0.25, -0.2) is 4.98 Å². The summed E-state index contributed by atoms with van der Waals surface area (Å²) in [6.07, 6.45) is 2.26. The molecule has 0 aromatic carbocycles. The van der Waals surface area contributed by atoms with Crippen LogP contribution in [0.2, 0.25) is 0 Å². The highest BCUT2D eigenvalue weighted by atomic mass is 16.6. The highest BCUT2D eigenvalue weighted by molar-refractivity contribution is 5.57. The van der Waals surface area contributed by atoms with Gasteiger partial charge in [0.15, 0.2) is 0 Å². The molecular weight excluding hydrogens is 208 g/mol. The van der Waals surface area contributed by atoms with Crippen LogP contribution in [0, 0.1) is 10.1 Å². The number of nitro groups is 1. The maximum Gasteiger partial charge on any atom is 0.286 e. The van der Waals surface area contributed by atoms with Gasteiger partial charge in [-0.1, -0.05) is 6.92 Å². The molecule has 2 rings (SSSR count). The number of fused-ring (bicyclic) bond motifs is 1. The molecule has 0 aliphatic carbocycles. The van der Waals surface area contributed by atoms with Crippen LogP contribution in [0.15, 0.2) is 18.3 Å². The van der Waals surface area contributed by atoms with Crippen LogP contribution >= 0.6 is 0 Å². The van der Waals surface area contributed by atoms with Crippen molar-refractivity contribution in [1.29, 1.82) is 0 Å². The van der Waals surface area contributed by atoms with Gasteiger partial charge in [-0.2, -0.15) is 0 Å². The van der Waals surface area contributed by atoms with Gasteiger partial charge in [-0.15, -0.1) is 0 Å². The lowest BCUT2D eigenvalue weighted by Gasteiger charge is -2.01. The summed E-state index contributed by atoms with van der Waals surface area (Å²) in [5, 5.41) is 13.7. The lowest BCUT2D eigenvalue weighted by atomic mass is 10.3. The molecule has 84 valence electrons. The molecule has 0 unspecified atom stereocenters. The van der Waals surface area contributed by atoms with Crippen LogP contribution in [0.3, 0.4) is 0 Å². The Morgan fingerprint density at radius 1 is 1.56 bits per heavy atom. The van der Waals surface area contributed by atoms with Gasteiger partial charge in [-0.3, -0.25) is 14.5 Å². The van der Waals surface area contributed by atoms with Crippen LogP contribution in [-0.4, -0.2) is 21.4 Å². The average Bonchev–Trinajstić information content (AvgIpc) is 2.65. The summed E-state index contributed by atoms with van der Waals surface area (Å²) < 4.78 is 1.71. The molecule has 0 saturated carbocycles. The van der Waals surface area contributed by atoms with E-state index in [1.54, 1.807) is 17.5 Å². The molecule has 0 spiro atoms. The van der Waals surface area contributed by atoms with Gasteiger partial charge in [0, 0.05) is 13.1 Å². The Balaban J connectivity index is 2.70. The molecule has 0 saturated heterocycles. The first-order chi connectivity index (χ1) is 7.67. The molecule has 0 fully saturated rings. The van der Waals surface area contributed by atoms with E-state index >= 15 is 0 Å². The molecule has 0 radical (unpaired) electrons. The Hall–Kier alpha value is -2.11. The smallest absolute Gasteiger partial charge is 0.286 e. The van der Waals surface area contributed by atoms with Crippen molar-refractivity contribution >= 4 is 17.2 Å². The summed E-state index contributed by atoms with van der Waals surface area (Å²) in [5.41, 5.74) is 1.68. The van der Waals surface area contributed by atoms with Crippen LogP contribution in [0.4, 0.5) is 11.5 Å². The topological polar surface area (TPSA) is 72.5 Å². The monoisotopic (exact) mass is 220 g/mol. The normalized spacial score (nSPS) is 10.6. The highest BCUT2D eigenvalue weighted by Gasteiger charge is 2.12. The SMILES string of the molecule is CCc1nc2ccc([N+](=O)[O-])cn2c1NC. The van der Waals surface area contributed by atoms with Gasteiger partial charge >= 0.3 is 0 Å². The Kier molecular flexibility index (Phi) is 2.47. The second kappa shape index (κ2) is 3.80. The number of hydrogen-bond acceptors (Lipinski definition) is 4. The van der Waals surface area contributed by atoms with Gasteiger partial charge in [0.05, 0.1) is 16.8 Å². The molecule has 0 amide bonds. The van der Waals surface area contributed by atoms with Crippen molar-refractivity contribution in [1.82, 2.24) is 9.38 Å². The molecule has 2 aromatic heterocycles. The van der Waals surface area contributed by atoms with Gasteiger partial charge < -0.3 is 5.32 Å². The maximum absolute atomic E-state index is 10.7. The van der Waals surface area contributed by atoms with E-state index in [4.69, 9.17) is 0 Å². The van der Waals surface area contributed by atoms with Crippen molar-refractivity contribution in [2.24, 2.45) is 0 Å². The first-order valence-electron chi connectivity index (χ1n) is 5.00. The first kappa shape index (κ1) is 10.4. The standard InChI is InChI=1S/C10H12N4O2/c1-3-8-10(11-2)13-6-7(14(15)16)4-5-9(13)12-8/h4-6,11H,3H2,1-2H3. The summed E-state index contributed by atoms with van der Waals surface area (Å²) >= 11 is 0. The van der Waals surface area contributed by atoms with Gasteiger partial charge in [0.25, 0.3) is 5.69 Å². The summed E-state index contributed by atoms with van der Waals surface area (Å²) in [7, 11) is 1.78. The van der Waals surface area contributed by atoms with Crippen molar-refractivity contribution in [2.45, 2.75) is 13.3 Å². The molecular formula is C10H12N4O2. The fourth-order valence-corrected chi connectivity index (χ4v) is 1.70. The minimum absolute atomic E-state index is 0.0593. The average molecular weight is 220 g/mol. The molecule has 0 aliphatic rings. The van der Waals surface area contributed by atoms with Crippen LogP contribution in [0.25, 0.3) is 5.65 Å². The fourth-order valence-electron chi connectivity index (χ4n) is 1.70. The largest absolute Gasteiger partial charge is 0.373 e. The molecule has 0 bridgehead atoms. The lowest BCUT2D eigenvalue weighted by Crippen LogP contribution is -1.98. The van der Waals surface area contributed by atoms with Crippen molar-refractivity contribution in [3.8, 4) is 0 Å². The number of aryl methyl sites for hydroxylation is 1. The molecule has 1 N–H and O–H groups in total. The van der Waals surface area contributed by atoms with E-state index in [-0.39, 0.29) is 5.69 Å². The molecule has 2 aromatic rings. The number of imidazole rings is 1. The summed E-state index contributed by atoms with van der Waals surface area (Å²) in [6, 6.07) is 3.11. The zero-order chi connectivity index (χ0) is 11.7. The van der Waals surface area contributed by atoms with E-state index in [1.165, 1.54) is 12.3 Å². The molecule has 16 heavy (non-hydrogen) atoms. The Labute approximate surface area is 92.1 Å². The predicted octanol–water partition coefficient (Wildman–Crippen LogP) is 1.85. The fraction of sp³-hybridized carbons (Fsp3) is 0.300. The number of anilines is 1. The van der Waals surface area contributed by atoms with Crippen LogP contribution in [0.5, 0.6) is 0 Å². The number of rotatable bonds is 3. The molecule has 2 heterocycles. The van der Waals surface area contributed by atoms with E-state index in [1.807, 2.05) is 6.92 Å². The predicted molar refractivity (Wildman–Crippen MR) is 60.8 cm³/mol. The van der Waals surface area contributed by atoms with Crippen LogP contribution in [-0.2, 0) is 6.42 Å². The summed E-state index contributed by atoms with van der Waals surface area (Å²) in [4.78, 5) is 14.6. The third-order valence-electron chi connectivity index (χ3n) is 2.46. The second-order valence-electron chi connectivity index (χ2n) is 3.38. The van der Waals surface area contributed by atoms with E-state index < -0.39 is 4.92 Å². The van der Waals surface area contributed by atoms with E-state index in [2.05, 4.69) is 10.3 Å². The first-order valence-corrected chi connectivity index (χ1v) is 5.00. The summed E-state index contributed by atoms with van der Waals surface area (Å²) in [6.45, 7) is 2.00. The van der Waals surface area contributed by atoms with E-state index in [9.17, 15) is 10.1 Å². The molecule has 6 nitrogen and oxygen atoms in total. The number of hydrogen-bond donors (Lipinski definition) is 1. The van der Waals surface area contributed by atoms with Gasteiger partial charge in [0.2, 0.25) is 0 Å². The van der Waals surface area contributed by atoms with E-state index in [0.29, 0.717) is 5.65 Å². The number of aromatic nitrogens is 2. The number of nitrogens with one attached hydrogen (secondary N) is 1. The second-order valence-corrected chi connectivity index (χ2v) is 3.38. The molecule has 0 aliphatic heterocycles. The number of nitrogens with zero attached hydrogens (tertiary/aromatic N) is 3. The van der Waals surface area contributed by atoms with Crippen molar-refractivity contribution in [2.75, 3.05) is 12.4 Å². The third-order valence-corrected chi connectivity index (χ3v) is 2.46. The summed E-state index contributed by atoms with van der Waals surface area (Å²) in [5.74, 6) is 0.807. The van der Waals surface area contributed by atoms with Crippen LogP contribution in [0.1, 0.15) is 12.6 Å².